The van der Waals surface area contributed by atoms with Gasteiger partial charge in [-0.25, -0.2) is 12.2 Å². The number of allylic oxidation sites excluding steroid dienone is 4. The molecule has 1 aliphatic carbocycles. The first-order valence-corrected chi connectivity index (χ1v) is 2.93. The molecular formula is C8H13Cl3HfN-5. The predicted molar refractivity (Wildman–Crippen MR) is 40.6 cm³/mol. The van der Waals surface area contributed by atoms with Gasteiger partial charge in [0.2, 0.25) is 0 Å². The van der Waals surface area contributed by atoms with Crippen LogP contribution < -0.4 is 37.2 Å². The van der Waals surface area contributed by atoms with Crippen LogP contribution in [-0.4, -0.2) is 19.0 Å². The van der Waals surface area contributed by atoms with E-state index in [9.17, 15) is 0 Å². The Hall–Kier alpha value is 1.18. The quantitative estimate of drug-likeness (QED) is 0.285. The van der Waals surface area contributed by atoms with Gasteiger partial charge >= 0.3 is 0 Å². The second-order valence-electron chi connectivity index (χ2n) is 2.08. The van der Waals surface area contributed by atoms with Crippen LogP contribution in [-0.2, 0) is 25.8 Å². The van der Waals surface area contributed by atoms with E-state index in [-0.39, 0.29) is 63.1 Å². The van der Waals surface area contributed by atoms with E-state index in [1.165, 1.54) is 0 Å². The van der Waals surface area contributed by atoms with Crippen molar-refractivity contribution in [1.29, 1.82) is 0 Å². The molecule has 0 aromatic heterocycles. The molecule has 0 heterocycles. The van der Waals surface area contributed by atoms with E-state index in [0.29, 0.717) is 0 Å². The van der Waals surface area contributed by atoms with Gasteiger partial charge < -0.3 is 42.1 Å². The molecule has 0 aromatic rings. The van der Waals surface area contributed by atoms with Crippen LogP contribution in [0.1, 0.15) is 6.42 Å². The molecule has 0 spiro atoms. The van der Waals surface area contributed by atoms with E-state index in [1.54, 1.807) is 4.90 Å². The minimum atomic E-state index is 0. The van der Waals surface area contributed by atoms with Gasteiger partial charge in [-0.3, -0.25) is 13.1 Å². The molecule has 0 bridgehead atoms. The predicted octanol–water partition coefficient (Wildman–Crippen LogP) is -7.35. The smallest absolute Gasteiger partial charge is 0 e. The minimum Gasteiger partial charge on any atom is -1.00 e. The van der Waals surface area contributed by atoms with Gasteiger partial charge in [0.1, 0.15) is 0 Å². The van der Waals surface area contributed by atoms with Crippen LogP contribution in [0.3, 0.4) is 0 Å². The van der Waals surface area contributed by atoms with E-state index < -0.39 is 0 Å². The van der Waals surface area contributed by atoms with Gasteiger partial charge in [0.15, 0.2) is 0 Å². The van der Waals surface area contributed by atoms with Gasteiger partial charge in [0.25, 0.3) is 0 Å². The Kier molecular flexibility index (Phi) is 52.2. The van der Waals surface area contributed by atoms with Crippen molar-refractivity contribution in [3.8, 4) is 0 Å². The third kappa shape index (κ3) is 43.1. The van der Waals surface area contributed by atoms with Crippen LogP contribution in [0.25, 0.3) is 0 Å². The molecule has 0 amide bonds. The largest absolute Gasteiger partial charge is 1.00 e. The average Bonchev–Trinajstić information content (AvgIpc) is 2.11. The van der Waals surface area contributed by atoms with Crippen LogP contribution in [0.15, 0.2) is 18.2 Å². The van der Waals surface area contributed by atoms with Crippen molar-refractivity contribution in [2.75, 3.05) is 14.1 Å². The van der Waals surface area contributed by atoms with Gasteiger partial charge in [-0.2, -0.15) is 6.08 Å². The second-order valence-corrected chi connectivity index (χ2v) is 2.08. The Morgan fingerprint density at radius 1 is 1.23 bits per heavy atom. The molecule has 0 saturated carbocycles. The molecule has 0 fully saturated rings. The zero-order valence-electron chi connectivity index (χ0n) is 7.73. The summed E-state index contributed by atoms with van der Waals surface area (Å²) < 4.78 is 0. The number of hydrogen-bond acceptors (Lipinski definition) is 1. The molecule has 0 unspecified atom stereocenters. The van der Waals surface area contributed by atoms with Gasteiger partial charge in [-0.1, -0.05) is 0 Å². The van der Waals surface area contributed by atoms with E-state index in [4.69, 9.17) is 0 Å². The van der Waals surface area contributed by atoms with Crippen LogP contribution in [0, 0.1) is 13.1 Å². The molecule has 0 atom stereocenters. The van der Waals surface area contributed by atoms with Crippen molar-refractivity contribution in [1.82, 2.24) is 4.90 Å². The van der Waals surface area contributed by atoms with E-state index in [2.05, 4.69) is 19.2 Å². The van der Waals surface area contributed by atoms with E-state index in [0.717, 1.165) is 6.42 Å². The first-order chi connectivity index (χ1) is 4.23. The fourth-order valence-electron chi connectivity index (χ4n) is 0.340. The molecule has 5 heteroatoms. The van der Waals surface area contributed by atoms with Crippen molar-refractivity contribution in [3.63, 3.8) is 0 Å². The van der Waals surface area contributed by atoms with Gasteiger partial charge in [0.05, 0.1) is 0 Å². The van der Waals surface area contributed by atoms with Crippen molar-refractivity contribution >= 4 is 0 Å². The van der Waals surface area contributed by atoms with E-state index >= 15 is 0 Å². The Bertz CT molecular complexity index is 103. The summed E-state index contributed by atoms with van der Waals surface area (Å²) in [5, 5.41) is 0. The number of halogens is 3. The average molecular weight is 408 g/mol. The van der Waals surface area contributed by atoms with Crippen molar-refractivity contribution in [2.45, 2.75) is 6.42 Å². The third-order valence-corrected chi connectivity index (χ3v) is 0.586. The van der Waals surface area contributed by atoms with Crippen LogP contribution in [0.4, 0.5) is 0 Å². The molecular weight excluding hydrogens is 395 g/mol. The summed E-state index contributed by atoms with van der Waals surface area (Å²) in [6.45, 7) is 0. The molecule has 0 aromatic carbocycles. The maximum Gasteiger partial charge on any atom is 0 e. The first kappa shape index (κ1) is 29.2. The van der Waals surface area contributed by atoms with Crippen molar-refractivity contribution in [2.24, 2.45) is 0 Å². The normalized spacial score (nSPS) is 9.54. The van der Waals surface area contributed by atoms with Crippen LogP contribution in [0.5, 0.6) is 0 Å². The molecule has 0 N–H and O–H groups in total. The zero-order valence-corrected chi connectivity index (χ0v) is 13.6. The third-order valence-electron chi connectivity index (χ3n) is 0.586. The Labute approximate surface area is 119 Å². The minimum absolute atomic E-state index is 0. The summed E-state index contributed by atoms with van der Waals surface area (Å²) in [5.74, 6) is 0. The first-order valence-electron chi connectivity index (χ1n) is 2.93. The van der Waals surface area contributed by atoms with E-state index in [1.807, 2.05) is 26.2 Å². The van der Waals surface area contributed by atoms with Crippen molar-refractivity contribution in [3.05, 3.63) is 31.4 Å². The maximum atomic E-state index is 3.47. The molecule has 0 saturated heterocycles. The molecule has 80 valence electrons. The second kappa shape index (κ2) is 23.2. The summed E-state index contributed by atoms with van der Waals surface area (Å²) in [4.78, 5) is 1.75. The summed E-state index contributed by atoms with van der Waals surface area (Å²) in [5.41, 5.74) is 0. The summed E-state index contributed by atoms with van der Waals surface area (Å²) in [7, 11) is 7.25. The SMILES string of the molecule is [C-]1=CC=CC1.[CH2-]N(C)C.[Cl-].[Cl-].[Cl-].[Hf]. The molecule has 1 aliphatic rings. The Morgan fingerprint density at radius 3 is 1.69 bits per heavy atom. The number of nitrogens with zero attached hydrogens (tertiary/aromatic N) is 1. The maximum absolute atomic E-state index is 3.47. The fourth-order valence-corrected chi connectivity index (χ4v) is 0.340. The van der Waals surface area contributed by atoms with Crippen LogP contribution in [0.2, 0.25) is 0 Å². The van der Waals surface area contributed by atoms with Gasteiger partial charge in [-0.05, 0) is 14.1 Å². The Balaban J connectivity index is -0.0000000256. The summed E-state index contributed by atoms with van der Waals surface area (Å²) in [6, 6.07) is 0. The zero-order chi connectivity index (χ0) is 7.11. The molecule has 0 aliphatic heterocycles. The number of rotatable bonds is 0. The molecule has 0 radical (unpaired) electrons. The van der Waals surface area contributed by atoms with Crippen LogP contribution >= 0.6 is 0 Å². The van der Waals surface area contributed by atoms with Gasteiger partial charge in [0, 0.05) is 25.8 Å². The van der Waals surface area contributed by atoms with Gasteiger partial charge in [-0.15, -0.1) is 6.42 Å². The summed E-state index contributed by atoms with van der Waals surface area (Å²) >= 11 is 0. The summed E-state index contributed by atoms with van der Waals surface area (Å²) in [6.07, 6.45) is 10.0. The number of hydrogen-bond donors (Lipinski definition) is 0. The Morgan fingerprint density at radius 2 is 1.62 bits per heavy atom. The topological polar surface area (TPSA) is 3.24 Å². The monoisotopic (exact) mass is 408 g/mol. The fraction of sp³-hybridized carbons (Fsp3) is 0.375. The van der Waals surface area contributed by atoms with Crippen molar-refractivity contribution < 1.29 is 63.1 Å². The molecule has 1 nitrogen and oxygen atoms in total. The molecule has 1 rings (SSSR count). The standard InChI is InChI=1S/C5H5.C3H8N.3ClH.Hf/c1-2-4-5-3-1;1-4(2)3;;;;/h1-3H,4H2;1H2,2-3H3;3*1H;/q2*-1;;;;/p-3. The molecule has 13 heavy (non-hydrogen) atoms.